The molecule has 0 saturated carbocycles. The lowest BCUT2D eigenvalue weighted by Crippen LogP contribution is -2.40. The highest BCUT2D eigenvalue weighted by Gasteiger charge is 2.25. The van der Waals surface area contributed by atoms with E-state index in [0.29, 0.717) is 56.2 Å². The number of ether oxygens (including phenoxy) is 4. The number of rotatable bonds is 9. The molecule has 0 radical (unpaired) electrons. The van der Waals surface area contributed by atoms with Crippen molar-refractivity contribution in [2.75, 3.05) is 47.1 Å². The Morgan fingerprint density at radius 1 is 1.05 bits per heavy atom. The Labute approximate surface area is 221 Å². The molecule has 0 bridgehead atoms. The number of nitrogens with zero attached hydrogens (tertiary/aromatic N) is 2. The van der Waals surface area contributed by atoms with Gasteiger partial charge in [-0.3, -0.25) is 4.79 Å². The summed E-state index contributed by atoms with van der Waals surface area (Å²) in [7, 11) is 3.27. The minimum absolute atomic E-state index is 0.127. The average molecular weight is 511 g/mol. The molecule has 2 aromatic rings. The van der Waals surface area contributed by atoms with Crippen LogP contribution in [0.5, 0.6) is 23.0 Å². The topological polar surface area (TPSA) is 60.5 Å². The van der Waals surface area contributed by atoms with Gasteiger partial charge in [-0.1, -0.05) is 13.0 Å². The molecule has 0 N–H and O–H groups in total. The standard InChI is InChI=1S/C30H42N2O5/c1-6-29(33)32-13-15-37-30-25(20-32)16-24(23-9-10-26(34-4)27(17-23)35-5)18-28(30)36-14-11-22-8-7-12-31(19-22)21(2)3/h9-10,16-18,21-22H,6-8,11-15,19-20H2,1-5H3/t22-/m1/s1. The van der Waals surface area contributed by atoms with Crippen LogP contribution < -0.4 is 18.9 Å². The van der Waals surface area contributed by atoms with E-state index in [0.717, 1.165) is 41.2 Å². The van der Waals surface area contributed by atoms with Crippen molar-refractivity contribution in [1.29, 1.82) is 0 Å². The first-order chi connectivity index (χ1) is 17.9. The van der Waals surface area contributed by atoms with Crippen molar-refractivity contribution < 1.29 is 23.7 Å². The normalized spacial score (nSPS) is 18.1. The lowest BCUT2D eigenvalue weighted by molar-refractivity contribution is -0.131. The van der Waals surface area contributed by atoms with Gasteiger partial charge in [-0.15, -0.1) is 0 Å². The lowest BCUT2D eigenvalue weighted by atomic mass is 9.94. The first-order valence-electron chi connectivity index (χ1n) is 13.6. The third kappa shape index (κ3) is 6.50. The van der Waals surface area contributed by atoms with Crippen LogP contribution in [0, 0.1) is 5.92 Å². The summed E-state index contributed by atoms with van der Waals surface area (Å²) in [5, 5.41) is 0. The van der Waals surface area contributed by atoms with E-state index in [1.807, 2.05) is 30.0 Å². The second-order valence-electron chi connectivity index (χ2n) is 10.3. The number of likely N-dealkylation sites (tertiary alicyclic amines) is 1. The van der Waals surface area contributed by atoms with Crippen LogP contribution in [-0.2, 0) is 11.3 Å². The molecule has 0 aliphatic carbocycles. The predicted octanol–water partition coefficient (Wildman–Crippen LogP) is 5.39. The van der Waals surface area contributed by atoms with Gasteiger partial charge in [0, 0.05) is 31.1 Å². The van der Waals surface area contributed by atoms with Crippen LogP contribution in [0.4, 0.5) is 0 Å². The fraction of sp³-hybridized carbons (Fsp3) is 0.567. The number of fused-ring (bicyclic) bond motifs is 1. The van der Waals surface area contributed by atoms with Gasteiger partial charge in [0.1, 0.15) is 6.61 Å². The molecule has 1 atom stereocenters. The molecular weight excluding hydrogens is 468 g/mol. The van der Waals surface area contributed by atoms with E-state index >= 15 is 0 Å². The maximum Gasteiger partial charge on any atom is 0.222 e. The summed E-state index contributed by atoms with van der Waals surface area (Å²) in [4.78, 5) is 17.0. The van der Waals surface area contributed by atoms with Crippen LogP contribution in [0.3, 0.4) is 0 Å². The van der Waals surface area contributed by atoms with E-state index in [1.54, 1.807) is 14.2 Å². The number of amides is 1. The number of piperidine rings is 1. The highest BCUT2D eigenvalue weighted by atomic mass is 16.5. The zero-order valence-electron chi connectivity index (χ0n) is 23.0. The molecule has 2 aliphatic heterocycles. The summed E-state index contributed by atoms with van der Waals surface area (Å²) in [6, 6.07) is 10.6. The van der Waals surface area contributed by atoms with Crippen LogP contribution in [-0.4, -0.2) is 68.8 Å². The summed E-state index contributed by atoms with van der Waals surface area (Å²) in [5.74, 6) is 3.62. The largest absolute Gasteiger partial charge is 0.493 e. The van der Waals surface area contributed by atoms with Crippen molar-refractivity contribution in [2.24, 2.45) is 5.92 Å². The Kier molecular flexibility index (Phi) is 9.19. The quantitative estimate of drug-likeness (QED) is 0.451. The van der Waals surface area contributed by atoms with Crippen molar-refractivity contribution in [3.05, 3.63) is 35.9 Å². The third-order valence-corrected chi connectivity index (χ3v) is 7.54. The fourth-order valence-corrected chi connectivity index (χ4v) is 5.35. The number of hydrogen-bond donors (Lipinski definition) is 0. The van der Waals surface area contributed by atoms with Gasteiger partial charge in [-0.25, -0.2) is 0 Å². The summed E-state index contributed by atoms with van der Waals surface area (Å²) < 4.78 is 23.6. The molecule has 1 saturated heterocycles. The van der Waals surface area contributed by atoms with Crippen LogP contribution in [0.25, 0.3) is 11.1 Å². The smallest absolute Gasteiger partial charge is 0.222 e. The van der Waals surface area contributed by atoms with E-state index in [-0.39, 0.29) is 5.91 Å². The minimum Gasteiger partial charge on any atom is -0.493 e. The predicted molar refractivity (Wildman–Crippen MR) is 146 cm³/mol. The number of methoxy groups -OCH3 is 2. The second-order valence-corrected chi connectivity index (χ2v) is 10.3. The Morgan fingerprint density at radius 3 is 2.57 bits per heavy atom. The monoisotopic (exact) mass is 510 g/mol. The summed E-state index contributed by atoms with van der Waals surface area (Å²) in [6.45, 7) is 10.9. The molecule has 2 aromatic carbocycles. The maximum atomic E-state index is 12.5. The number of benzene rings is 2. The Morgan fingerprint density at radius 2 is 1.84 bits per heavy atom. The zero-order valence-corrected chi connectivity index (χ0v) is 23.0. The molecule has 202 valence electrons. The van der Waals surface area contributed by atoms with Crippen LogP contribution in [0.15, 0.2) is 30.3 Å². The van der Waals surface area contributed by atoms with Crippen molar-refractivity contribution in [3.8, 4) is 34.1 Å². The molecule has 7 heteroatoms. The van der Waals surface area contributed by atoms with Gasteiger partial charge in [-0.2, -0.15) is 0 Å². The van der Waals surface area contributed by atoms with Crippen molar-refractivity contribution in [1.82, 2.24) is 9.80 Å². The average Bonchev–Trinajstić information content (AvgIpc) is 3.15. The zero-order chi connectivity index (χ0) is 26.4. The van der Waals surface area contributed by atoms with Gasteiger partial charge >= 0.3 is 0 Å². The number of carbonyl (C=O) groups is 1. The van der Waals surface area contributed by atoms with Gasteiger partial charge in [0.2, 0.25) is 5.91 Å². The molecule has 2 aliphatic rings. The summed E-state index contributed by atoms with van der Waals surface area (Å²) in [5.41, 5.74) is 2.95. The van der Waals surface area contributed by atoms with Crippen LogP contribution in [0.2, 0.25) is 0 Å². The highest BCUT2D eigenvalue weighted by molar-refractivity contribution is 5.77. The molecule has 4 rings (SSSR count). The Bertz CT molecular complexity index is 1070. The second kappa shape index (κ2) is 12.5. The molecule has 1 amide bonds. The molecule has 1 fully saturated rings. The van der Waals surface area contributed by atoms with Crippen LogP contribution >= 0.6 is 0 Å². The third-order valence-electron chi connectivity index (χ3n) is 7.54. The first-order valence-corrected chi connectivity index (χ1v) is 13.6. The summed E-state index contributed by atoms with van der Waals surface area (Å²) >= 11 is 0. The molecule has 0 unspecified atom stereocenters. The van der Waals surface area contributed by atoms with Gasteiger partial charge in [0.05, 0.1) is 27.4 Å². The molecular formula is C30H42N2O5. The van der Waals surface area contributed by atoms with Crippen molar-refractivity contribution in [3.63, 3.8) is 0 Å². The van der Waals surface area contributed by atoms with Gasteiger partial charge in [0.25, 0.3) is 0 Å². The first kappa shape index (κ1) is 27.1. The van der Waals surface area contributed by atoms with Gasteiger partial charge in [-0.05, 0) is 81.0 Å². The molecule has 0 spiro atoms. The van der Waals surface area contributed by atoms with E-state index in [1.165, 1.54) is 19.4 Å². The molecule has 2 heterocycles. The molecule has 7 nitrogen and oxygen atoms in total. The molecule has 0 aromatic heterocycles. The van der Waals surface area contributed by atoms with Gasteiger partial charge < -0.3 is 28.7 Å². The fourth-order valence-electron chi connectivity index (χ4n) is 5.35. The maximum absolute atomic E-state index is 12.5. The van der Waals surface area contributed by atoms with Crippen LogP contribution in [0.1, 0.15) is 52.0 Å². The van der Waals surface area contributed by atoms with Crippen molar-refractivity contribution >= 4 is 5.91 Å². The SMILES string of the molecule is CCC(=O)N1CCOc2c(cc(-c3ccc(OC)c(OC)c3)cc2OCC[C@H]2CCCN(C(C)C)C2)C1. The Balaban J connectivity index is 1.61. The van der Waals surface area contributed by atoms with Crippen molar-refractivity contribution in [2.45, 2.75) is 59.0 Å². The lowest BCUT2D eigenvalue weighted by Gasteiger charge is -2.35. The van der Waals surface area contributed by atoms with E-state index in [4.69, 9.17) is 18.9 Å². The summed E-state index contributed by atoms with van der Waals surface area (Å²) in [6.07, 6.45) is 3.99. The number of carbonyl (C=O) groups excluding carboxylic acids is 1. The highest BCUT2D eigenvalue weighted by Crippen LogP contribution is 2.41. The number of hydrogen-bond acceptors (Lipinski definition) is 6. The molecule has 37 heavy (non-hydrogen) atoms. The Hall–Kier alpha value is -2.93. The van der Waals surface area contributed by atoms with E-state index in [9.17, 15) is 4.79 Å². The van der Waals surface area contributed by atoms with E-state index < -0.39 is 0 Å². The minimum atomic E-state index is 0.127. The van der Waals surface area contributed by atoms with E-state index in [2.05, 4.69) is 30.9 Å². The van der Waals surface area contributed by atoms with Gasteiger partial charge in [0.15, 0.2) is 23.0 Å².